The third kappa shape index (κ3) is 2.50. The number of ether oxygens (including phenoxy) is 1. The van der Waals surface area contributed by atoms with Gasteiger partial charge < -0.3 is 10.1 Å². The van der Waals surface area contributed by atoms with Crippen LogP contribution in [0, 0.1) is 11.3 Å². The fourth-order valence-corrected chi connectivity index (χ4v) is 2.18. The molecule has 1 aromatic heterocycles. The van der Waals surface area contributed by atoms with Crippen LogP contribution in [0.1, 0.15) is 11.3 Å². The highest BCUT2D eigenvalue weighted by atomic mass is 16.5. The summed E-state index contributed by atoms with van der Waals surface area (Å²) in [6, 6.07) is 15.5. The molecule has 1 atom stereocenters. The fourth-order valence-electron chi connectivity index (χ4n) is 2.18. The van der Waals surface area contributed by atoms with Crippen molar-refractivity contribution in [3.63, 3.8) is 0 Å². The van der Waals surface area contributed by atoms with Crippen LogP contribution in [0.25, 0.3) is 0 Å². The van der Waals surface area contributed by atoms with Crippen molar-refractivity contribution in [1.29, 1.82) is 5.26 Å². The van der Waals surface area contributed by atoms with Gasteiger partial charge in [-0.05, 0) is 23.8 Å². The van der Waals surface area contributed by atoms with E-state index in [0.29, 0.717) is 18.1 Å². The number of pyridine rings is 1. The minimum atomic E-state index is 0.116. The Morgan fingerprint density at radius 3 is 3.00 bits per heavy atom. The summed E-state index contributed by atoms with van der Waals surface area (Å²) in [6.07, 6.45) is 1.02. The Balaban J connectivity index is 1.61. The Morgan fingerprint density at radius 1 is 1.26 bits per heavy atom. The van der Waals surface area contributed by atoms with E-state index in [1.807, 2.05) is 36.4 Å². The number of nitrogens with zero attached hydrogens (tertiary/aromatic N) is 2. The van der Waals surface area contributed by atoms with Gasteiger partial charge in [0, 0.05) is 6.42 Å². The molecule has 4 heteroatoms. The molecule has 0 saturated carbocycles. The number of nitrogens with one attached hydrogen (secondary N) is 1. The Labute approximate surface area is 111 Å². The van der Waals surface area contributed by atoms with Gasteiger partial charge in [0.1, 0.15) is 29.4 Å². The summed E-state index contributed by atoms with van der Waals surface area (Å²) in [5.41, 5.74) is 1.66. The SMILES string of the molecule is N#Cc1cccc(NCC2Cc3ccccc3O2)n1. The molecular weight excluding hydrogens is 238 g/mol. The number of hydrogen-bond acceptors (Lipinski definition) is 4. The Bertz CT molecular complexity index is 608. The zero-order valence-electron chi connectivity index (χ0n) is 10.3. The first-order chi connectivity index (χ1) is 9.35. The molecule has 94 valence electrons. The normalized spacial score (nSPS) is 16.3. The topological polar surface area (TPSA) is 57.9 Å². The Morgan fingerprint density at radius 2 is 2.16 bits per heavy atom. The second-order valence-electron chi connectivity index (χ2n) is 4.45. The second kappa shape index (κ2) is 4.99. The highest BCUT2D eigenvalue weighted by Gasteiger charge is 2.21. The zero-order valence-corrected chi connectivity index (χ0v) is 10.3. The van der Waals surface area contributed by atoms with Crippen molar-refractivity contribution in [1.82, 2.24) is 4.98 Å². The molecule has 1 aliphatic heterocycles. The van der Waals surface area contributed by atoms with Crippen molar-refractivity contribution in [3.05, 3.63) is 53.7 Å². The van der Waals surface area contributed by atoms with Crippen LogP contribution >= 0.6 is 0 Å². The second-order valence-corrected chi connectivity index (χ2v) is 4.45. The monoisotopic (exact) mass is 251 g/mol. The van der Waals surface area contributed by atoms with E-state index in [1.165, 1.54) is 5.56 Å². The van der Waals surface area contributed by atoms with Gasteiger partial charge in [0.2, 0.25) is 0 Å². The maximum atomic E-state index is 8.80. The highest BCUT2D eigenvalue weighted by molar-refractivity contribution is 5.40. The van der Waals surface area contributed by atoms with Crippen molar-refractivity contribution >= 4 is 5.82 Å². The highest BCUT2D eigenvalue weighted by Crippen LogP contribution is 2.28. The predicted octanol–water partition coefficient (Wildman–Crippen LogP) is 2.37. The number of nitriles is 1. The summed E-state index contributed by atoms with van der Waals surface area (Å²) in [5.74, 6) is 1.67. The van der Waals surface area contributed by atoms with E-state index in [-0.39, 0.29) is 6.10 Å². The van der Waals surface area contributed by atoms with Crippen LogP contribution in [0.3, 0.4) is 0 Å². The van der Waals surface area contributed by atoms with E-state index in [0.717, 1.165) is 12.2 Å². The fraction of sp³-hybridized carbons (Fsp3) is 0.200. The molecular formula is C15H13N3O. The maximum Gasteiger partial charge on any atom is 0.142 e. The van der Waals surface area contributed by atoms with Crippen LogP contribution in [0.15, 0.2) is 42.5 Å². The quantitative estimate of drug-likeness (QED) is 0.909. The van der Waals surface area contributed by atoms with Crippen LogP contribution in [0.2, 0.25) is 0 Å². The summed E-state index contributed by atoms with van der Waals surface area (Å²) in [7, 11) is 0. The van der Waals surface area contributed by atoms with Crippen LogP contribution in [0.4, 0.5) is 5.82 Å². The van der Waals surface area contributed by atoms with Crippen molar-refractivity contribution < 1.29 is 4.74 Å². The number of fused-ring (bicyclic) bond motifs is 1. The molecule has 0 fully saturated rings. The maximum absolute atomic E-state index is 8.80. The van der Waals surface area contributed by atoms with Gasteiger partial charge in [-0.15, -0.1) is 0 Å². The van der Waals surface area contributed by atoms with E-state index in [4.69, 9.17) is 10.00 Å². The van der Waals surface area contributed by atoms with Crippen LogP contribution in [-0.2, 0) is 6.42 Å². The van der Waals surface area contributed by atoms with Gasteiger partial charge in [0.15, 0.2) is 0 Å². The van der Waals surface area contributed by atoms with Gasteiger partial charge >= 0.3 is 0 Å². The molecule has 0 aliphatic carbocycles. The minimum absolute atomic E-state index is 0.116. The van der Waals surface area contributed by atoms with E-state index in [1.54, 1.807) is 6.07 Å². The lowest BCUT2D eigenvalue weighted by molar-refractivity contribution is 0.246. The summed E-state index contributed by atoms with van der Waals surface area (Å²) in [4.78, 5) is 4.17. The van der Waals surface area contributed by atoms with E-state index < -0.39 is 0 Å². The van der Waals surface area contributed by atoms with E-state index >= 15 is 0 Å². The average molecular weight is 251 g/mol. The van der Waals surface area contributed by atoms with Gasteiger partial charge in [-0.2, -0.15) is 5.26 Å². The van der Waals surface area contributed by atoms with Gasteiger partial charge in [0.05, 0.1) is 6.54 Å². The molecule has 0 amide bonds. The van der Waals surface area contributed by atoms with Crippen LogP contribution in [0.5, 0.6) is 5.75 Å². The molecule has 0 spiro atoms. The minimum Gasteiger partial charge on any atom is -0.488 e. The molecule has 1 N–H and O–H groups in total. The van der Waals surface area contributed by atoms with Crippen LogP contribution in [-0.4, -0.2) is 17.6 Å². The standard InChI is InChI=1S/C15H13N3O/c16-9-12-5-3-7-15(18-12)17-10-13-8-11-4-1-2-6-14(11)19-13/h1-7,13H,8,10H2,(H,17,18). The lowest BCUT2D eigenvalue weighted by Crippen LogP contribution is -2.24. The number of anilines is 1. The molecule has 0 radical (unpaired) electrons. The van der Waals surface area contributed by atoms with Crippen molar-refractivity contribution in [2.75, 3.05) is 11.9 Å². The molecule has 1 unspecified atom stereocenters. The smallest absolute Gasteiger partial charge is 0.142 e. The molecule has 19 heavy (non-hydrogen) atoms. The lowest BCUT2D eigenvalue weighted by atomic mass is 10.1. The largest absolute Gasteiger partial charge is 0.488 e. The molecule has 1 aliphatic rings. The van der Waals surface area contributed by atoms with Crippen molar-refractivity contribution in [2.24, 2.45) is 0 Å². The molecule has 1 aromatic carbocycles. The molecule has 4 nitrogen and oxygen atoms in total. The number of hydrogen-bond donors (Lipinski definition) is 1. The Hall–Kier alpha value is -2.54. The molecule has 3 rings (SSSR count). The first kappa shape index (κ1) is 11.5. The van der Waals surface area contributed by atoms with E-state index in [2.05, 4.69) is 16.4 Å². The number of aromatic nitrogens is 1. The summed E-state index contributed by atoms with van der Waals surface area (Å²) >= 11 is 0. The van der Waals surface area contributed by atoms with Gasteiger partial charge in [-0.25, -0.2) is 4.98 Å². The van der Waals surface area contributed by atoms with Gasteiger partial charge in [-0.1, -0.05) is 24.3 Å². The Kier molecular flexibility index (Phi) is 3.03. The van der Waals surface area contributed by atoms with Gasteiger partial charge in [0.25, 0.3) is 0 Å². The van der Waals surface area contributed by atoms with Crippen LogP contribution < -0.4 is 10.1 Å². The number of benzene rings is 1. The first-order valence-electron chi connectivity index (χ1n) is 6.21. The van der Waals surface area contributed by atoms with Gasteiger partial charge in [-0.3, -0.25) is 0 Å². The van der Waals surface area contributed by atoms with Crippen molar-refractivity contribution in [3.8, 4) is 11.8 Å². The molecule has 0 bridgehead atoms. The molecule has 2 aromatic rings. The van der Waals surface area contributed by atoms with E-state index in [9.17, 15) is 0 Å². The first-order valence-corrected chi connectivity index (χ1v) is 6.21. The summed E-state index contributed by atoms with van der Waals surface area (Å²) < 4.78 is 5.83. The van der Waals surface area contributed by atoms with Crippen molar-refractivity contribution in [2.45, 2.75) is 12.5 Å². The predicted molar refractivity (Wildman–Crippen MR) is 72.0 cm³/mol. The average Bonchev–Trinajstić information content (AvgIpc) is 2.88. The number of para-hydroxylation sites is 1. The third-order valence-electron chi connectivity index (χ3n) is 3.09. The molecule has 2 heterocycles. The summed E-state index contributed by atoms with van der Waals surface area (Å²) in [6.45, 7) is 0.677. The molecule has 0 saturated heterocycles. The zero-order chi connectivity index (χ0) is 13.1. The third-order valence-corrected chi connectivity index (χ3v) is 3.09. The lowest BCUT2D eigenvalue weighted by Gasteiger charge is -2.12. The summed E-state index contributed by atoms with van der Waals surface area (Å²) in [5, 5.41) is 12.0. The number of rotatable bonds is 3.